The molecular formula is C21H24FN10O7PS2. The Labute approximate surface area is 244 Å². The zero-order valence-corrected chi connectivity index (χ0v) is 23.9. The summed E-state index contributed by atoms with van der Waals surface area (Å²) in [6, 6.07) is 0. The minimum Gasteiger partial charge on any atom is -0.394 e. The number of aliphatic hydroxyl groups is 2. The van der Waals surface area contributed by atoms with Crippen molar-refractivity contribution in [2.75, 3.05) is 31.3 Å². The Morgan fingerprint density at radius 1 is 1.21 bits per heavy atom. The maximum atomic E-state index is 15.8. The average Bonchev–Trinajstić information content (AvgIpc) is 3.75. The Morgan fingerprint density at radius 2 is 1.95 bits per heavy atom. The van der Waals surface area contributed by atoms with Crippen LogP contribution in [0.15, 0.2) is 23.8 Å². The van der Waals surface area contributed by atoms with Crippen molar-refractivity contribution in [3.8, 4) is 0 Å². The molecule has 7 heterocycles. The van der Waals surface area contributed by atoms with Gasteiger partial charge < -0.3 is 40.4 Å². The second kappa shape index (κ2) is 9.86. The molecule has 7 N–H and O–H groups in total. The van der Waals surface area contributed by atoms with E-state index < -0.39 is 65.8 Å². The summed E-state index contributed by atoms with van der Waals surface area (Å²) in [5.41, 5.74) is 5.67. The Morgan fingerprint density at radius 3 is 2.71 bits per heavy atom. The van der Waals surface area contributed by atoms with Crippen molar-refractivity contribution in [2.45, 2.75) is 48.2 Å². The molecule has 0 amide bonds. The van der Waals surface area contributed by atoms with Gasteiger partial charge in [-0.2, -0.15) is 4.98 Å². The van der Waals surface area contributed by atoms with Crippen LogP contribution >= 0.6 is 17.7 Å². The number of nitrogens with one attached hydrogen (secondary N) is 1. The third-order valence-electron chi connectivity index (χ3n) is 7.73. The fourth-order valence-corrected chi connectivity index (χ4v) is 9.02. The fraction of sp³-hybridized carbons (Fsp3) is 0.524. The van der Waals surface area contributed by atoms with Crippen molar-refractivity contribution < 1.29 is 33.3 Å². The summed E-state index contributed by atoms with van der Waals surface area (Å²) >= 11 is 10.4. The van der Waals surface area contributed by atoms with Crippen LogP contribution in [-0.2, 0) is 30.5 Å². The molecule has 9 atom stereocenters. The summed E-state index contributed by atoms with van der Waals surface area (Å²) in [6.07, 6.45) is -3.09. The molecule has 4 aromatic rings. The largest absolute Gasteiger partial charge is 0.394 e. The van der Waals surface area contributed by atoms with E-state index in [1.807, 2.05) is 0 Å². The van der Waals surface area contributed by atoms with Crippen molar-refractivity contribution in [3.05, 3.63) is 29.3 Å². The molecule has 224 valence electrons. The summed E-state index contributed by atoms with van der Waals surface area (Å²) in [5, 5.41) is 21.0. The van der Waals surface area contributed by atoms with E-state index in [9.17, 15) is 15.0 Å². The van der Waals surface area contributed by atoms with Crippen LogP contribution in [0.4, 0.5) is 16.2 Å². The quantitative estimate of drug-likeness (QED) is 0.105. The highest BCUT2D eigenvalue weighted by Gasteiger charge is 2.63. The number of ether oxygens (including phenoxy) is 3. The Bertz CT molecular complexity index is 1810. The minimum absolute atomic E-state index is 0.0281. The number of aromatic nitrogens is 8. The highest BCUT2D eigenvalue weighted by atomic mass is 32.9. The number of imidazole rings is 2. The molecule has 3 aliphatic heterocycles. The number of rotatable bonds is 7. The fourth-order valence-electron chi connectivity index (χ4n) is 5.64. The Kier molecular flexibility index (Phi) is 6.57. The van der Waals surface area contributed by atoms with E-state index in [1.165, 1.54) is 23.5 Å². The lowest BCUT2D eigenvalue weighted by Gasteiger charge is -2.34. The molecule has 42 heavy (non-hydrogen) atoms. The summed E-state index contributed by atoms with van der Waals surface area (Å²) in [7, 11) is 0. The number of aromatic amines is 1. The molecular weight excluding hydrogens is 618 g/mol. The lowest BCUT2D eigenvalue weighted by atomic mass is 10.0. The maximum Gasteiger partial charge on any atom is 0.280 e. The van der Waals surface area contributed by atoms with Crippen molar-refractivity contribution in [3.63, 3.8) is 0 Å². The van der Waals surface area contributed by atoms with E-state index >= 15 is 4.39 Å². The van der Waals surface area contributed by atoms with Gasteiger partial charge in [-0.1, -0.05) is 11.8 Å². The van der Waals surface area contributed by atoms with Crippen molar-refractivity contribution >= 4 is 63.6 Å². The van der Waals surface area contributed by atoms with Gasteiger partial charge in [0.05, 0.1) is 38.1 Å². The molecule has 3 aliphatic rings. The number of nitrogen functional groups attached to an aromatic ring is 2. The normalized spacial score (nSPS) is 34.0. The highest BCUT2D eigenvalue weighted by molar-refractivity contribution is 8.62. The van der Waals surface area contributed by atoms with Crippen molar-refractivity contribution in [2.24, 2.45) is 0 Å². The molecule has 0 aromatic carbocycles. The number of aliphatic hydroxyl groups excluding tert-OH is 2. The molecule has 3 saturated heterocycles. The van der Waals surface area contributed by atoms with Crippen LogP contribution in [0.5, 0.6) is 0 Å². The number of hydrogen-bond donors (Lipinski definition) is 6. The van der Waals surface area contributed by atoms with E-state index in [2.05, 4.69) is 42.2 Å². The highest BCUT2D eigenvalue weighted by Crippen LogP contribution is 2.65. The second-order valence-corrected chi connectivity index (χ2v) is 16.4. The second-order valence-electron chi connectivity index (χ2n) is 10.2. The van der Waals surface area contributed by atoms with Gasteiger partial charge in [0.15, 0.2) is 35.1 Å². The van der Waals surface area contributed by atoms with E-state index in [0.717, 1.165) is 0 Å². The molecule has 0 aliphatic carbocycles. The van der Waals surface area contributed by atoms with Gasteiger partial charge in [-0.15, -0.1) is 12.2 Å². The van der Waals surface area contributed by atoms with Crippen LogP contribution in [0.25, 0.3) is 22.3 Å². The van der Waals surface area contributed by atoms with Crippen LogP contribution in [0.3, 0.4) is 0 Å². The van der Waals surface area contributed by atoms with E-state index in [1.54, 1.807) is 4.57 Å². The summed E-state index contributed by atoms with van der Waals surface area (Å²) in [6.45, 7) is -1.000. The summed E-state index contributed by atoms with van der Waals surface area (Å²) in [5.74, 6) is -0.00173. The first-order valence-corrected chi connectivity index (χ1v) is 16.5. The molecule has 4 aromatic heterocycles. The monoisotopic (exact) mass is 642 g/mol. The molecule has 0 spiro atoms. The van der Waals surface area contributed by atoms with Gasteiger partial charge in [0, 0.05) is 0 Å². The maximum absolute atomic E-state index is 15.8. The van der Waals surface area contributed by atoms with Gasteiger partial charge in [-0.25, -0.2) is 24.3 Å². The zero-order valence-electron chi connectivity index (χ0n) is 21.3. The number of nitrogens with zero attached hydrogens (tertiary/aromatic N) is 7. The molecule has 3 fully saturated rings. The number of thiol groups is 1. The van der Waals surface area contributed by atoms with Crippen LogP contribution in [0.1, 0.15) is 12.5 Å². The SMILES string of the molecule is Nc1nc2c(ncn2[C@@H]2O[C@H](CO)[C@H](F)[C@H]2P(=S)(S)OC[C@@]23CO[C@@H]([C@H](n4cnc5c(N)ncnc54)O2)[C@@H]3O)c(=O)[nH]1. The van der Waals surface area contributed by atoms with Crippen LogP contribution < -0.4 is 17.0 Å². The predicted molar refractivity (Wildman–Crippen MR) is 150 cm³/mol. The zero-order chi connectivity index (χ0) is 29.6. The average molecular weight is 643 g/mol. The smallest absolute Gasteiger partial charge is 0.280 e. The lowest BCUT2D eigenvalue weighted by Crippen LogP contribution is -2.45. The standard InChI is InChI=1S/C21H24FN10O7PS2/c22-8-7(1-33)38-19(32-6-28-10-16(32)29-20(24)30-17(10)35)12(8)40(41,42)37-3-21-2-36-11(13(21)34)18(39-21)31-5-27-9-14(23)25-4-26-15(9)31/h4-8,11-13,18-19,33-34H,1-3H2,(H,41,42)(H2,23,25,26)(H3,24,29,30,35)/t7-,8+,11-,12-,13+,18-,19-,21-/m1/s1. The lowest BCUT2D eigenvalue weighted by molar-refractivity contribution is -0.181. The van der Waals surface area contributed by atoms with Crippen LogP contribution in [-0.4, -0.2) is 105 Å². The van der Waals surface area contributed by atoms with Gasteiger partial charge in [-0.3, -0.25) is 18.9 Å². The first kappa shape index (κ1) is 28.0. The van der Waals surface area contributed by atoms with Crippen molar-refractivity contribution in [1.82, 2.24) is 39.0 Å². The van der Waals surface area contributed by atoms with Gasteiger partial charge in [0.25, 0.3) is 5.56 Å². The number of hydrogen-bond acceptors (Lipinski definition) is 15. The minimum atomic E-state index is -3.47. The topological polar surface area (TPSA) is 237 Å². The molecule has 0 saturated carbocycles. The number of anilines is 2. The third-order valence-corrected chi connectivity index (χ3v) is 11.7. The molecule has 2 bridgehead atoms. The van der Waals surface area contributed by atoms with E-state index in [-0.39, 0.29) is 36.1 Å². The number of fused-ring (bicyclic) bond motifs is 4. The summed E-state index contributed by atoms with van der Waals surface area (Å²) in [4.78, 5) is 35.2. The van der Waals surface area contributed by atoms with Gasteiger partial charge in [0.1, 0.15) is 47.4 Å². The van der Waals surface area contributed by atoms with Gasteiger partial charge in [-0.05, 0) is 0 Å². The Hall–Kier alpha value is -2.81. The number of nitrogens with two attached hydrogens (primary N) is 2. The van der Waals surface area contributed by atoms with E-state index in [0.29, 0.717) is 11.2 Å². The number of alkyl halides is 1. The van der Waals surface area contributed by atoms with E-state index in [4.69, 9.17) is 42.0 Å². The van der Waals surface area contributed by atoms with Crippen molar-refractivity contribution in [1.29, 1.82) is 0 Å². The summed E-state index contributed by atoms with van der Waals surface area (Å²) < 4.78 is 42.8. The number of H-pyrrole nitrogens is 1. The molecule has 1 unspecified atom stereocenters. The Balaban J connectivity index is 1.17. The molecule has 0 radical (unpaired) electrons. The third kappa shape index (κ3) is 4.09. The number of halogens is 1. The molecule has 17 nitrogen and oxygen atoms in total. The first-order chi connectivity index (χ1) is 20.0. The van der Waals surface area contributed by atoms with Crippen LogP contribution in [0, 0.1) is 0 Å². The van der Waals surface area contributed by atoms with Gasteiger partial charge >= 0.3 is 0 Å². The van der Waals surface area contributed by atoms with Gasteiger partial charge in [0.2, 0.25) is 5.95 Å². The first-order valence-electron chi connectivity index (χ1n) is 12.5. The van der Waals surface area contributed by atoms with Crippen LogP contribution in [0.2, 0.25) is 0 Å². The molecule has 7 rings (SSSR count). The predicted octanol–water partition coefficient (Wildman–Crippen LogP) is -0.997. The molecule has 21 heteroatoms.